The summed E-state index contributed by atoms with van der Waals surface area (Å²) in [4.78, 5) is 22.7. The summed E-state index contributed by atoms with van der Waals surface area (Å²) in [5.74, 6) is 1.42. The molecule has 3 aromatic rings. The lowest BCUT2D eigenvalue weighted by atomic mass is 10.2. The Labute approximate surface area is 217 Å². The van der Waals surface area contributed by atoms with Gasteiger partial charge in [-0.3, -0.25) is 14.6 Å². The van der Waals surface area contributed by atoms with Crippen molar-refractivity contribution in [3.63, 3.8) is 0 Å². The van der Waals surface area contributed by atoms with E-state index in [0.717, 1.165) is 66.5 Å². The third kappa shape index (κ3) is 6.64. The largest absolute Gasteiger partial charge is 0.494 e. The number of benzene rings is 2. The highest BCUT2D eigenvalue weighted by Gasteiger charge is 2.23. The van der Waals surface area contributed by atoms with Crippen molar-refractivity contribution in [2.24, 2.45) is 0 Å². The fraction of sp³-hybridized carbons (Fsp3) is 0.462. The summed E-state index contributed by atoms with van der Waals surface area (Å²) >= 11 is 1.54. The minimum absolute atomic E-state index is 0. The van der Waals surface area contributed by atoms with Gasteiger partial charge in [0, 0.05) is 31.7 Å². The average Bonchev–Trinajstić information content (AvgIpc) is 3.29. The van der Waals surface area contributed by atoms with Crippen molar-refractivity contribution < 1.29 is 19.0 Å². The van der Waals surface area contributed by atoms with Gasteiger partial charge in [-0.25, -0.2) is 4.98 Å². The number of halogens is 1. The number of fused-ring (bicyclic) bond motifs is 1. The van der Waals surface area contributed by atoms with E-state index in [1.165, 1.54) is 11.3 Å². The van der Waals surface area contributed by atoms with E-state index in [2.05, 4.69) is 11.8 Å². The number of nitrogens with zero attached hydrogens (tertiary/aromatic N) is 3. The van der Waals surface area contributed by atoms with Gasteiger partial charge >= 0.3 is 0 Å². The lowest BCUT2D eigenvalue weighted by Gasteiger charge is -2.27. The molecule has 0 bridgehead atoms. The Kier molecular flexibility index (Phi) is 9.74. The van der Waals surface area contributed by atoms with Gasteiger partial charge in [-0.05, 0) is 63.1 Å². The Balaban J connectivity index is 0.00000342. The number of hydrogen-bond donors (Lipinski definition) is 0. The van der Waals surface area contributed by atoms with Gasteiger partial charge in [0.2, 0.25) is 0 Å². The minimum Gasteiger partial charge on any atom is -0.494 e. The quantitative estimate of drug-likeness (QED) is 0.387. The number of carbonyl (C=O) groups is 1. The van der Waals surface area contributed by atoms with Crippen molar-refractivity contribution in [3.8, 4) is 11.5 Å². The van der Waals surface area contributed by atoms with Crippen molar-refractivity contribution in [3.05, 3.63) is 47.5 Å². The van der Waals surface area contributed by atoms with Gasteiger partial charge in [0.25, 0.3) is 5.91 Å². The SMILES string of the molecule is COc1ccc(C)c2sc(N(CCCN3CCOCC3)C(=O)c3ccc(OC(C)C)cc3)nc12.Cl. The molecule has 0 radical (unpaired) electrons. The highest BCUT2D eigenvalue weighted by atomic mass is 35.5. The zero-order chi connectivity index (χ0) is 24.1. The first-order valence-electron chi connectivity index (χ1n) is 11.8. The molecule has 1 aromatic heterocycles. The Morgan fingerprint density at radius 2 is 1.89 bits per heavy atom. The summed E-state index contributed by atoms with van der Waals surface area (Å²) in [5, 5.41) is 0.692. The monoisotopic (exact) mass is 519 g/mol. The van der Waals surface area contributed by atoms with Gasteiger partial charge < -0.3 is 14.2 Å². The van der Waals surface area contributed by atoms with Gasteiger partial charge in [0.05, 0.1) is 31.1 Å². The van der Waals surface area contributed by atoms with Crippen LogP contribution in [0, 0.1) is 6.92 Å². The number of ether oxygens (including phenoxy) is 3. The number of amides is 1. The van der Waals surface area contributed by atoms with Crippen molar-refractivity contribution >= 4 is 45.0 Å². The molecule has 1 fully saturated rings. The molecule has 2 heterocycles. The Morgan fingerprint density at radius 1 is 1.17 bits per heavy atom. The van der Waals surface area contributed by atoms with E-state index in [1.807, 2.05) is 55.1 Å². The second-order valence-electron chi connectivity index (χ2n) is 8.71. The highest BCUT2D eigenvalue weighted by molar-refractivity contribution is 7.22. The first kappa shape index (κ1) is 27.2. The number of carbonyl (C=O) groups excluding carboxylic acids is 1. The van der Waals surface area contributed by atoms with E-state index < -0.39 is 0 Å². The summed E-state index contributed by atoms with van der Waals surface area (Å²) in [5.41, 5.74) is 2.54. The predicted molar refractivity (Wildman–Crippen MR) is 144 cm³/mol. The van der Waals surface area contributed by atoms with E-state index in [9.17, 15) is 4.79 Å². The summed E-state index contributed by atoms with van der Waals surface area (Å²) in [7, 11) is 1.65. The molecule has 1 aliphatic rings. The predicted octanol–water partition coefficient (Wildman–Crippen LogP) is 5.19. The molecule has 0 unspecified atom stereocenters. The fourth-order valence-corrected chi connectivity index (χ4v) is 5.12. The number of morpholine rings is 1. The maximum atomic E-state index is 13.7. The topological polar surface area (TPSA) is 64.1 Å². The summed E-state index contributed by atoms with van der Waals surface area (Å²) in [6.07, 6.45) is 0.936. The summed E-state index contributed by atoms with van der Waals surface area (Å²) < 4.78 is 17.8. The van der Waals surface area contributed by atoms with Crippen molar-refractivity contribution in [1.29, 1.82) is 0 Å². The van der Waals surface area contributed by atoms with Crippen LogP contribution in [0.25, 0.3) is 10.2 Å². The number of methoxy groups -OCH3 is 1. The zero-order valence-electron chi connectivity index (χ0n) is 20.8. The van der Waals surface area contributed by atoms with Gasteiger partial charge in [0.15, 0.2) is 5.13 Å². The normalized spacial score (nSPS) is 14.1. The first-order chi connectivity index (χ1) is 16.5. The number of thiazole rings is 1. The number of aryl methyl sites for hydroxylation is 1. The second kappa shape index (κ2) is 12.5. The van der Waals surface area contributed by atoms with Crippen molar-refractivity contribution in [2.45, 2.75) is 33.3 Å². The van der Waals surface area contributed by atoms with Crippen LogP contribution in [0.15, 0.2) is 36.4 Å². The van der Waals surface area contributed by atoms with E-state index in [0.29, 0.717) is 17.2 Å². The van der Waals surface area contributed by atoms with Crippen molar-refractivity contribution in [2.75, 3.05) is 51.4 Å². The molecule has 1 amide bonds. The molecular formula is C26H34ClN3O4S. The highest BCUT2D eigenvalue weighted by Crippen LogP contribution is 2.37. The van der Waals surface area contributed by atoms with Gasteiger partial charge in [-0.2, -0.15) is 0 Å². The van der Waals surface area contributed by atoms with Gasteiger partial charge in [-0.15, -0.1) is 12.4 Å². The molecular weight excluding hydrogens is 486 g/mol. The lowest BCUT2D eigenvalue weighted by molar-refractivity contribution is 0.0376. The van der Waals surface area contributed by atoms with Crippen LogP contribution in [-0.4, -0.2) is 68.4 Å². The maximum absolute atomic E-state index is 13.7. The summed E-state index contributed by atoms with van der Waals surface area (Å²) in [6.45, 7) is 10.9. The molecule has 1 saturated heterocycles. The Morgan fingerprint density at radius 3 is 2.54 bits per heavy atom. The third-order valence-electron chi connectivity index (χ3n) is 5.82. The Bertz CT molecular complexity index is 1110. The average molecular weight is 520 g/mol. The van der Waals surface area contributed by atoms with E-state index in [-0.39, 0.29) is 24.4 Å². The number of aromatic nitrogens is 1. The van der Waals surface area contributed by atoms with Crippen LogP contribution in [0.1, 0.15) is 36.2 Å². The van der Waals surface area contributed by atoms with Crippen LogP contribution in [-0.2, 0) is 4.74 Å². The molecule has 0 atom stereocenters. The van der Waals surface area contributed by atoms with Crippen LogP contribution in [0.5, 0.6) is 11.5 Å². The van der Waals surface area contributed by atoms with E-state index >= 15 is 0 Å². The number of rotatable bonds is 9. The molecule has 2 aromatic carbocycles. The molecule has 7 nitrogen and oxygen atoms in total. The standard InChI is InChI=1S/C26H33N3O4S.ClH/c1-18(2)33-21-9-7-20(8-10-21)25(30)29(13-5-12-28-14-16-32-17-15-28)26-27-23-22(31-4)11-6-19(3)24(23)34-26;/h6-11,18H,5,12-17H2,1-4H3;1H. The van der Waals surface area contributed by atoms with Gasteiger partial charge in [0.1, 0.15) is 17.0 Å². The molecule has 4 rings (SSSR count). The van der Waals surface area contributed by atoms with Crippen LogP contribution in [0.4, 0.5) is 5.13 Å². The lowest BCUT2D eigenvalue weighted by Crippen LogP contribution is -2.39. The molecule has 0 N–H and O–H groups in total. The summed E-state index contributed by atoms with van der Waals surface area (Å²) in [6, 6.07) is 11.3. The van der Waals surface area contributed by atoms with Crippen LogP contribution < -0.4 is 14.4 Å². The smallest absolute Gasteiger partial charge is 0.260 e. The molecule has 190 valence electrons. The molecule has 35 heavy (non-hydrogen) atoms. The zero-order valence-corrected chi connectivity index (χ0v) is 22.4. The van der Waals surface area contributed by atoms with Crippen LogP contribution in [0.2, 0.25) is 0 Å². The molecule has 0 saturated carbocycles. The molecule has 0 aliphatic carbocycles. The first-order valence-corrected chi connectivity index (χ1v) is 12.6. The van der Waals surface area contributed by atoms with Crippen LogP contribution in [0.3, 0.4) is 0 Å². The van der Waals surface area contributed by atoms with Crippen molar-refractivity contribution in [1.82, 2.24) is 9.88 Å². The fourth-order valence-electron chi connectivity index (χ4n) is 4.04. The second-order valence-corrected chi connectivity index (χ2v) is 9.69. The maximum Gasteiger partial charge on any atom is 0.260 e. The van der Waals surface area contributed by atoms with E-state index in [1.54, 1.807) is 7.11 Å². The number of hydrogen-bond acceptors (Lipinski definition) is 7. The van der Waals surface area contributed by atoms with Gasteiger partial charge in [-0.1, -0.05) is 17.4 Å². The minimum atomic E-state index is -0.0613. The van der Waals surface area contributed by atoms with Crippen LogP contribution >= 0.6 is 23.7 Å². The molecule has 9 heteroatoms. The van der Waals surface area contributed by atoms with E-state index in [4.69, 9.17) is 19.2 Å². The third-order valence-corrected chi connectivity index (χ3v) is 7.03. The molecule has 1 aliphatic heterocycles. The number of anilines is 1. The molecule has 0 spiro atoms. The Hall–Kier alpha value is -2.39.